The van der Waals surface area contributed by atoms with Crippen LogP contribution in [0.1, 0.15) is 23.2 Å². The summed E-state index contributed by atoms with van der Waals surface area (Å²) in [4.78, 5) is 28.1. The molecule has 2 amide bonds. The summed E-state index contributed by atoms with van der Waals surface area (Å²) in [5.41, 5.74) is 0.668. The average Bonchev–Trinajstić information content (AvgIpc) is 2.40. The lowest BCUT2D eigenvalue weighted by Gasteiger charge is -2.31. The highest BCUT2D eigenvalue weighted by molar-refractivity contribution is 5.94. The molecule has 5 nitrogen and oxygen atoms in total. The average molecular weight is 233 g/mol. The number of amides is 2. The van der Waals surface area contributed by atoms with Gasteiger partial charge in [-0.1, -0.05) is 0 Å². The highest BCUT2D eigenvalue weighted by atomic mass is 16.2. The molecule has 0 spiro atoms. The zero-order chi connectivity index (χ0) is 12.1. The van der Waals surface area contributed by atoms with Gasteiger partial charge in [0.05, 0.1) is 0 Å². The fraction of sp³-hybridized carbons (Fsp3) is 0.417. The number of piperidine rings is 1. The smallest absolute Gasteiger partial charge is 0.253 e. The molecule has 1 N–H and O–H groups in total. The SMILES string of the molecule is O=CNC1CCN(C(=O)c2ccncc2)CC1. The lowest BCUT2D eigenvalue weighted by atomic mass is 10.0. The predicted octanol–water partition coefficient (Wildman–Crippen LogP) is 0.432. The van der Waals surface area contributed by atoms with Crippen molar-refractivity contribution in [2.75, 3.05) is 13.1 Å². The standard InChI is InChI=1S/C12H15N3O2/c16-9-14-11-3-7-15(8-4-11)12(17)10-1-5-13-6-2-10/h1-2,5-6,9,11H,3-4,7-8H2,(H,14,16). The summed E-state index contributed by atoms with van der Waals surface area (Å²) in [6.45, 7) is 1.37. The third-order valence-corrected chi connectivity index (χ3v) is 3.01. The molecule has 0 aliphatic carbocycles. The van der Waals surface area contributed by atoms with E-state index in [-0.39, 0.29) is 11.9 Å². The Morgan fingerprint density at radius 1 is 1.35 bits per heavy atom. The maximum atomic E-state index is 12.1. The van der Waals surface area contributed by atoms with Crippen LogP contribution in [0.4, 0.5) is 0 Å². The van der Waals surface area contributed by atoms with Crippen LogP contribution in [0.25, 0.3) is 0 Å². The maximum Gasteiger partial charge on any atom is 0.253 e. The molecule has 1 aromatic heterocycles. The molecule has 1 fully saturated rings. The fourth-order valence-corrected chi connectivity index (χ4v) is 2.02. The Labute approximate surface area is 99.8 Å². The van der Waals surface area contributed by atoms with E-state index < -0.39 is 0 Å². The van der Waals surface area contributed by atoms with Gasteiger partial charge in [0.2, 0.25) is 6.41 Å². The Bertz CT molecular complexity index is 386. The van der Waals surface area contributed by atoms with E-state index >= 15 is 0 Å². The molecule has 1 saturated heterocycles. The molecule has 0 atom stereocenters. The monoisotopic (exact) mass is 233 g/mol. The molecule has 0 aromatic carbocycles. The number of rotatable bonds is 3. The first-order valence-corrected chi connectivity index (χ1v) is 5.70. The first-order chi connectivity index (χ1) is 8.31. The number of carbonyl (C=O) groups excluding carboxylic acids is 2. The highest BCUT2D eigenvalue weighted by Crippen LogP contribution is 2.13. The quantitative estimate of drug-likeness (QED) is 0.770. The van der Waals surface area contributed by atoms with Gasteiger partial charge >= 0.3 is 0 Å². The van der Waals surface area contributed by atoms with Crippen LogP contribution in [0, 0.1) is 0 Å². The number of aromatic nitrogens is 1. The Morgan fingerprint density at radius 2 is 2.00 bits per heavy atom. The molecule has 0 radical (unpaired) electrons. The molecule has 90 valence electrons. The van der Waals surface area contributed by atoms with Crippen LogP contribution in [-0.2, 0) is 4.79 Å². The lowest BCUT2D eigenvalue weighted by molar-refractivity contribution is -0.110. The van der Waals surface area contributed by atoms with E-state index in [0.717, 1.165) is 19.3 Å². The molecular weight excluding hydrogens is 218 g/mol. The second-order valence-electron chi connectivity index (χ2n) is 4.09. The van der Waals surface area contributed by atoms with E-state index in [1.54, 1.807) is 24.5 Å². The molecule has 0 bridgehead atoms. The summed E-state index contributed by atoms with van der Waals surface area (Å²) in [6, 6.07) is 3.64. The zero-order valence-corrected chi connectivity index (χ0v) is 9.50. The largest absolute Gasteiger partial charge is 0.356 e. The normalized spacial score (nSPS) is 16.6. The van der Waals surface area contributed by atoms with E-state index in [1.165, 1.54) is 0 Å². The van der Waals surface area contributed by atoms with Gasteiger partial charge in [0.25, 0.3) is 5.91 Å². The Morgan fingerprint density at radius 3 is 2.59 bits per heavy atom. The molecule has 2 heterocycles. The molecule has 0 unspecified atom stereocenters. The zero-order valence-electron chi connectivity index (χ0n) is 9.50. The number of nitrogens with zero attached hydrogens (tertiary/aromatic N) is 2. The third-order valence-electron chi connectivity index (χ3n) is 3.01. The predicted molar refractivity (Wildman–Crippen MR) is 62.4 cm³/mol. The number of nitrogens with one attached hydrogen (secondary N) is 1. The van der Waals surface area contributed by atoms with Gasteiger partial charge in [-0.15, -0.1) is 0 Å². The van der Waals surface area contributed by atoms with Gasteiger partial charge in [-0.05, 0) is 25.0 Å². The highest BCUT2D eigenvalue weighted by Gasteiger charge is 2.22. The van der Waals surface area contributed by atoms with Crippen LogP contribution in [0.5, 0.6) is 0 Å². The van der Waals surface area contributed by atoms with Crippen molar-refractivity contribution < 1.29 is 9.59 Å². The summed E-state index contributed by atoms with van der Waals surface area (Å²) in [6.07, 6.45) is 5.60. The topological polar surface area (TPSA) is 62.3 Å². The van der Waals surface area contributed by atoms with E-state index in [2.05, 4.69) is 10.3 Å². The van der Waals surface area contributed by atoms with Crippen LogP contribution < -0.4 is 5.32 Å². The van der Waals surface area contributed by atoms with Gasteiger partial charge < -0.3 is 10.2 Å². The number of pyridine rings is 1. The second kappa shape index (κ2) is 5.43. The molecule has 17 heavy (non-hydrogen) atoms. The Hall–Kier alpha value is -1.91. The minimum absolute atomic E-state index is 0.0388. The third kappa shape index (κ3) is 2.81. The van der Waals surface area contributed by atoms with Crippen molar-refractivity contribution in [1.82, 2.24) is 15.2 Å². The second-order valence-corrected chi connectivity index (χ2v) is 4.09. The number of hydrogen-bond donors (Lipinski definition) is 1. The summed E-state index contributed by atoms with van der Waals surface area (Å²) >= 11 is 0. The van der Waals surface area contributed by atoms with Gasteiger partial charge in [-0.3, -0.25) is 14.6 Å². The van der Waals surface area contributed by atoms with Crippen molar-refractivity contribution in [1.29, 1.82) is 0 Å². The molecule has 1 aliphatic rings. The summed E-state index contributed by atoms with van der Waals surface area (Å²) in [5.74, 6) is 0.0388. The van der Waals surface area contributed by atoms with Crippen molar-refractivity contribution >= 4 is 12.3 Å². The molecule has 2 rings (SSSR count). The van der Waals surface area contributed by atoms with Crippen LogP contribution in [0.2, 0.25) is 0 Å². The number of likely N-dealkylation sites (tertiary alicyclic amines) is 1. The first-order valence-electron chi connectivity index (χ1n) is 5.70. The Kier molecular flexibility index (Phi) is 3.69. The van der Waals surface area contributed by atoms with Crippen molar-refractivity contribution in [3.8, 4) is 0 Å². The molecule has 1 aromatic rings. The molecule has 1 aliphatic heterocycles. The minimum Gasteiger partial charge on any atom is -0.356 e. The molecule has 0 saturated carbocycles. The Balaban J connectivity index is 1.93. The van der Waals surface area contributed by atoms with Gasteiger partial charge in [-0.25, -0.2) is 0 Å². The lowest BCUT2D eigenvalue weighted by Crippen LogP contribution is -2.44. The molecule has 5 heteroatoms. The first kappa shape index (κ1) is 11.6. The van der Waals surface area contributed by atoms with Crippen molar-refractivity contribution in [3.05, 3.63) is 30.1 Å². The van der Waals surface area contributed by atoms with E-state index in [1.807, 2.05) is 4.90 Å². The van der Waals surface area contributed by atoms with Crippen molar-refractivity contribution in [2.24, 2.45) is 0 Å². The molecular formula is C12H15N3O2. The van der Waals surface area contributed by atoms with Gasteiger partial charge in [0.1, 0.15) is 0 Å². The van der Waals surface area contributed by atoms with Crippen molar-refractivity contribution in [3.63, 3.8) is 0 Å². The van der Waals surface area contributed by atoms with Crippen LogP contribution in [0.15, 0.2) is 24.5 Å². The van der Waals surface area contributed by atoms with Gasteiger partial charge in [-0.2, -0.15) is 0 Å². The summed E-state index contributed by atoms with van der Waals surface area (Å²) < 4.78 is 0. The minimum atomic E-state index is 0.0388. The van der Waals surface area contributed by atoms with Crippen LogP contribution in [0.3, 0.4) is 0 Å². The maximum absolute atomic E-state index is 12.1. The van der Waals surface area contributed by atoms with E-state index in [4.69, 9.17) is 0 Å². The van der Waals surface area contributed by atoms with E-state index in [9.17, 15) is 9.59 Å². The van der Waals surface area contributed by atoms with Crippen LogP contribution in [-0.4, -0.2) is 41.3 Å². The van der Waals surface area contributed by atoms with Crippen LogP contribution >= 0.6 is 0 Å². The summed E-state index contributed by atoms with van der Waals surface area (Å²) in [5, 5.41) is 2.76. The van der Waals surface area contributed by atoms with E-state index in [0.29, 0.717) is 18.7 Å². The van der Waals surface area contributed by atoms with Crippen molar-refractivity contribution in [2.45, 2.75) is 18.9 Å². The summed E-state index contributed by atoms with van der Waals surface area (Å²) in [7, 11) is 0. The number of hydrogen-bond acceptors (Lipinski definition) is 3. The number of carbonyl (C=O) groups is 2. The van der Waals surface area contributed by atoms with Gasteiger partial charge in [0.15, 0.2) is 0 Å². The van der Waals surface area contributed by atoms with Gasteiger partial charge in [0, 0.05) is 37.1 Å². The fourth-order valence-electron chi connectivity index (χ4n) is 2.02.